The highest BCUT2D eigenvalue weighted by Gasteiger charge is 2.18. The van der Waals surface area contributed by atoms with Crippen molar-refractivity contribution in [2.45, 2.75) is 47.1 Å². The lowest BCUT2D eigenvalue weighted by Crippen LogP contribution is -2.40. The molecule has 1 atom stereocenters. The van der Waals surface area contributed by atoms with Gasteiger partial charge in [0.05, 0.1) is 0 Å². The molecule has 3 N–H and O–H groups in total. The minimum atomic E-state index is -0.478. The second kappa shape index (κ2) is 9.60. The Labute approximate surface area is 128 Å². The number of rotatable bonds is 8. The average Bonchev–Trinajstić information content (AvgIpc) is 2.29. The first-order valence-electron chi connectivity index (χ1n) is 7.54. The van der Waals surface area contributed by atoms with E-state index in [1.807, 2.05) is 20.8 Å². The molecule has 0 heterocycles. The molecule has 0 aliphatic carbocycles. The fourth-order valence-electron chi connectivity index (χ4n) is 1.69. The maximum absolute atomic E-state index is 11.6. The van der Waals surface area contributed by atoms with Crippen molar-refractivity contribution in [1.82, 2.24) is 16.0 Å². The summed E-state index contributed by atoms with van der Waals surface area (Å²) in [5, 5.41) is 8.83. The molecule has 0 radical (unpaired) electrons. The summed E-state index contributed by atoms with van der Waals surface area (Å²) in [4.78, 5) is 22.4. The van der Waals surface area contributed by atoms with Gasteiger partial charge in [0.1, 0.15) is 5.60 Å². The predicted molar refractivity (Wildman–Crippen MR) is 84.1 cm³/mol. The highest BCUT2D eigenvalue weighted by atomic mass is 16.6. The second-order valence-corrected chi connectivity index (χ2v) is 6.57. The zero-order valence-corrected chi connectivity index (χ0v) is 14.2. The number of ether oxygens (including phenoxy) is 1. The van der Waals surface area contributed by atoms with E-state index in [4.69, 9.17) is 4.74 Å². The number of carbonyl (C=O) groups excluding carboxylic acids is 2. The predicted octanol–water partition coefficient (Wildman–Crippen LogP) is 1.51. The molecule has 0 rings (SSSR count). The van der Waals surface area contributed by atoms with Gasteiger partial charge >= 0.3 is 6.09 Å². The third kappa shape index (κ3) is 12.2. The summed E-state index contributed by atoms with van der Waals surface area (Å²) >= 11 is 0. The quantitative estimate of drug-likeness (QED) is 0.594. The van der Waals surface area contributed by atoms with Crippen LogP contribution in [0.25, 0.3) is 0 Å². The first-order valence-corrected chi connectivity index (χ1v) is 7.54. The van der Waals surface area contributed by atoms with Gasteiger partial charge in [-0.15, -0.1) is 0 Å². The van der Waals surface area contributed by atoms with Gasteiger partial charge in [0, 0.05) is 26.6 Å². The van der Waals surface area contributed by atoms with Gasteiger partial charge in [-0.25, -0.2) is 4.79 Å². The minimum absolute atomic E-state index is 0.0243. The normalized spacial score (nSPS) is 12.9. The summed E-state index contributed by atoms with van der Waals surface area (Å²) in [6.07, 6.45) is -0.383. The molecule has 0 aromatic carbocycles. The summed E-state index contributed by atoms with van der Waals surface area (Å²) in [5.41, 5.74) is -0.478. The van der Waals surface area contributed by atoms with Gasteiger partial charge in [-0.2, -0.15) is 0 Å². The van der Waals surface area contributed by atoms with Gasteiger partial charge in [-0.1, -0.05) is 13.8 Å². The van der Waals surface area contributed by atoms with Crippen LogP contribution in [0.4, 0.5) is 4.79 Å². The lowest BCUT2D eigenvalue weighted by molar-refractivity contribution is -0.118. The smallest absolute Gasteiger partial charge is 0.407 e. The van der Waals surface area contributed by atoms with E-state index in [0.717, 1.165) is 13.1 Å². The topological polar surface area (TPSA) is 79.5 Å². The van der Waals surface area contributed by atoms with Crippen LogP contribution in [0.5, 0.6) is 0 Å². The van der Waals surface area contributed by atoms with Crippen LogP contribution in [-0.2, 0) is 9.53 Å². The highest BCUT2D eigenvalue weighted by molar-refractivity contribution is 5.72. The number of nitrogens with one attached hydrogen (secondary N) is 3. The van der Waals surface area contributed by atoms with Crippen LogP contribution < -0.4 is 16.0 Å². The molecule has 1 unspecified atom stereocenters. The largest absolute Gasteiger partial charge is 0.444 e. The Balaban J connectivity index is 3.97. The number of carbonyl (C=O) groups is 2. The molecule has 124 valence electrons. The molecule has 6 heteroatoms. The highest BCUT2D eigenvalue weighted by Crippen LogP contribution is 2.10. The lowest BCUT2D eigenvalue weighted by atomic mass is 9.96. The fraction of sp³-hybridized carbons (Fsp3) is 0.867. The van der Waals surface area contributed by atoms with Crippen molar-refractivity contribution in [3.8, 4) is 0 Å². The van der Waals surface area contributed by atoms with Crippen molar-refractivity contribution in [1.29, 1.82) is 0 Å². The molecule has 0 aliphatic rings. The van der Waals surface area contributed by atoms with Crippen molar-refractivity contribution in [2.75, 3.05) is 26.2 Å². The lowest BCUT2D eigenvalue weighted by Gasteiger charge is -2.24. The van der Waals surface area contributed by atoms with Gasteiger partial charge in [-0.3, -0.25) is 4.79 Å². The van der Waals surface area contributed by atoms with E-state index >= 15 is 0 Å². The molecule has 0 saturated carbocycles. The summed E-state index contributed by atoms with van der Waals surface area (Å²) in [7, 11) is 0. The Morgan fingerprint density at radius 2 is 1.67 bits per heavy atom. The molecule has 6 nitrogen and oxygen atoms in total. The standard InChI is InChI=1S/C15H31N3O3/c1-11(2)13(9-16-7-8-17-12(3)19)10-18-14(20)21-15(4,5)6/h11,13,16H,7-10H2,1-6H3,(H,17,19)(H,18,20). The monoisotopic (exact) mass is 301 g/mol. The molecule has 0 aromatic heterocycles. The Morgan fingerprint density at radius 3 is 2.14 bits per heavy atom. The van der Waals surface area contributed by atoms with Gasteiger partial charge < -0.3 is 20.7 Å². The molecular weight excluding hydrogens is 270 g/mol. The van der Waals surface area contributed by atoms with Crippen molar-refractivity contribution in [2.24, 2.45) is 11.8 Å². The van der Waals surface area contributed by atoms with Crippen LogP contribution in [-0.4, -0.2) is 43.8 Å². The molecule has 0 fully saturated rings. The van der Waals surface area contributed by atoms with E-state index in [1.54, 1.807) is 0 Å². The van der Waals surface area contributed by atoms with Gasteiger partial charge in [0.15, 0.2) is 0 Å². The zero-order valence-electron chi connectivity index (χ0n) is 14.2. The first kappa shape index (κ1) is 19.7. The van der Waals surface area contributed by atoms with Crippen LogP contribution in [0.1, 0.15) is 41.5 Å². The molecule has 0 aliphatic heterocycles. The summed E-state index contributed by atoms with van der Waals surface area (Å²) in [6.45, 7) is 14.0. The van der Waals surface area contributed by atoms with Crippen LogP contribution in [0.2, 0.25) is 0 Å². The molecule has 0 bridgehead atoms. The molecule has 21 heavy (non-hydrogen) atoms. The van der Waals surface area contributed by atoms with Crippen LogP contribution in [0, 0.1) is 11.8 Å². The van der Waals surface area contributed by atoms with E-state index in [1.165, 1.54) is 6.92 Å². The van der Waals surface area contributed by atoms with E-state index in [9.17, 15) is 9.59 Å². The number of alkyl carbamates (subject to hydrolysis) is 1. The maximum Gasteiger partial charge on any atom is 0.407 e. The van der Waals surface area contributed by atoms with Gasteiger partial charge in [0.25, 0.3) is 0 Å². The summed E-state index contributed by atoms with van der Waals surface area (Å²) < 4.78 is 5.22. The van der Waals surface area contributed by atoms with Crippen LogP contribution in [0.3, 0.4) is 0 Å². The Morgan fingerprint density at radius 1 is 1.05 bits per heavy atom. The Kier molecular flexibility index (Phi) is 9.01. The zero-order chi connectivity index (χ0) is 16.5. The van der Waals surface area contributed by atoms with E-state index < -0.39 is 5.60 Å². The van der Waals surface area contributed by atoms with Crippen molar-refractivity contribution >= 4 is 12.0 Å². The van der Waals surface area contributed by atoms with Crippen LogP contribution in [0.15, 0.2) is 0 Å². The number of hydrogen-bond acceptors (Lipinski definition) is 4. The van der Waals surface area contributed by atoms with Gasteiger partial charge in [0.2, 0.25) is 5.91 Å². The number of amides is 2. The number of hydrogen-bond donors (Lipinski definition) is 3. The Hall–Kier alpha value is -1.30. The third-order valence-electron chi connectivity index (χ3n) is 2.93. The second-order valence-electron chi connectivity index (χ2n) is 6.57. The van der Waals surface area contributed by atoms with E-state index in [0.29, 0.717) is 24.9 Å². The molecule has 0 saturated heterocycles. The maximum atomic E-state index is 11.6. The Bertz CT molecular complexity index is 325. The van der Waals surface area contributed by atoms with Crippen molar-refractivity contribution < 1.29 is 14.3 Å². The van der Waals surface area contributed by atoms with E-state index in [2.05, 4.69) is 29.8 Å². The summed E-state index contributed by atoms with van der Waals surface area (Å²) in [6, 6.07) is 0. The molecule has 0 spiro atoms. The SMILES string of the molecule is CC(=O)NCCNCC(CNC(=O)OC(C)(C)C)C(C)C. The molecule has 0 aromatic rings. The average molecular weight is 301 g/mol. The first-order chi connectivity index (χ1) is 9.61. The fourth-order valence-corrected chi connectivity index (χ4v) is 1.69. The van der Waals surface area contributed by atoms with E-state index in [-0.39, 0.29) is 12.0 Å². The minimum Gasteiger partial charge on any atom is -0.444 e. The molecular formula is C15H31N3O3. The van der Waals surface area contributed by atoms with Gasteiger partial charge in [-0.05, 0) is 39.2 Å². The third-order valence-corrected chi connectivity index (χ3v) is 2.93. The van der Waals surface area contributed by atoms with Crippen molar-refractivity contribution in [3.05, 3.63) is 0 Å². The van der Waals surface area contributed by atoms with Crippen molar-refractivity contribution in [3.63, 3.8) is 0 Å². The summed E-state index contributed by atoms with van der Waals surface area (Å²) in [5.74, 6) is 0.729. The molecule has 2 amide bonds. The van der Waals surface area contributed by atoms with Crippen LogP contribution >= 0.6 is 0 Å².